The number of anilines is 1. The van der Waals surface area contributed by atoms with E-state index in [1.165, 1.54) is 13.2 Å². The number of hydrogen-bond donors (Lipinski definition) is 3. The largest absolute Gasteiger partial charge is 0.506 e. The van der Waals surface area contributed by atoms with Crippen molar-refractivity contribution in [2.45, 2.75) is 20.8 Å². The maximum absolute atomic E-state index is 11.7. The van der Waals surface area contributed by atoms with Crippen LogP contribution in [0.3, 0.4) is 0 Å². The van der Waals surface area contributed by atoms with Crippen molar-refractivity contribution in [3.05, 3.63) is 18.2 Å². The lowest BCUT2D eigenvalue weighted by Crippen LogP contribution is -2.41. The Kier molecular flexibility index (Phi) is 4.72. The molecule has 0 bridgehead atoms. The van der Waals surface area contributed by atoms with Crippen LogP contribution in [-0.2, 0) is 4.79 Å². The van der Waals surface area contributed by atoms with E-state index in [1.54, 1.807) is 32.9 Å². The summed E-state index contributed by atoms with van der Waals surface area (Å²) in [6, 6.07) is 4.69. The van der Waals surface area contributed by atoms with Crippen molar-refractivity contribution in [2.24, 2.45) is 5.41 Å². The van der Waals surface area contributed by atoms with Gasteiger partial charge in [0.05, 0.1) is 12.8 Å². The topological polar surface area (TPSA) is 70.6 Å². The predicted molar refractivity (Wildman–Crippen MR) is 78.5 cm³/mol. The summed E-state index contributed by atoms with van der Waals surface area (Å²) < 4.78 is 5.05. The maximum Gasteiger partial charge on any atom is 0.231 e. The monoisotopic (exact) mass is 282 g/mol. The lowest BCUT2D eigenvalue weighted by atomic mass is 9.96. The molecule has 0 fully saturated rings. The number of nitrogens with one attached hydrogen (secondary N) is 2. The summed E-state index contributed by atoms with van der Waals surface area (Å²) >= 11 is 5.03. The first-order valence-corrected chi connectivity index (χ1v) is 6.14. The third kappa shape index (κ3) is 4.40. The van der Waals surface area contributed by atoms with Gasteiger partial charge in [0.1, 0.15) is 11.5 Å². The molecule has 19 heavy (non-hydrogen) atoms. The predicted octanol–water partition coefficient (Wildman–Crippen LogP) is 2.26. The van der Waals surface area contributed by atoms with Crippen LogP contribution < -0.4 is 15.4 Å². The number of ether oxygens (including phenoxy) is 1. The Hall–Kier alpha value is -1.82. The molecule has 0 spiro atoms. The van der Waals surface area contributed by atoms with E-state index in [9.17, 15) is 9.90 Å². The van der Waals surface area contributed by atoms with Crippen molar-refractivity contribution in [3.63, 3.8) is 0 Å². The highest BCUT2D eigenvalue weighted by Gasteiger charge is 2.22. The summed E-state index contributed by atoms with van der Waals surface area (Å²) in [4.78, 5) is 11.7. The molecule has 0 aromatic heterocycles. The van der Waals surface area contributed by atoms with E-state index in [-0.39, 0.29) is 16.8 Å². The normalized spacial score (nSPS) is 10.7. The number of phenols is 1. The van der Waals surface area contributed by atoms with Crippen LogP contribution in [0.4, 0.5) is 5.69 Å². The third-order valence-corrected chi connectivity index (χ3v) is 2.56. The van der Waals surface area contributed by atoms with E-state index in [4.69, 9.17) is 17.0 Å². The van der Waals surface area contributed by atoms with Gasteiger partial charge in [-0.3, -0.25) is 4.79 Å². The van der Waals surface area contributed by atoms with Crippen molar-refractivity contribution in [2.75, 3.05) is 12.4 Å². The summed E-state index contributed by atoms with van der Waals surface area (Å²) in [7, 11) is 1.52. The molecular formula is C13H18N2O3S. The molecule has 0 saturated carbocycles. The van der Waals surface area contributed by atoms with Crippen LogP contribution in [-0.4, -0.2) is 23.2 Å². The van der Waals surface area contributed by atoms with Crippen molar-refractivity contribution in [1.82, 2.24) is 5.32 Å². The molecule has 0 aliphatic carbocycles. The van der Waals surface area contributed by atoms with Gasteiger partial charge in [-0.2, -0.15) is 0 Å². The van der Waals surface area contributed by atoms with Gasteiger partial charge in [0.15, 0.2) is 5.11 Å². The fraction of sp³-hybridized carbons (Fsp3) is 0.385. The molecule has 0 saturated heterocycles. The van der Waals surface area contributed by atoms with Gasteiger partial charge in [-0.25, -0.2) is 0 Å². The molecule has 0 heterocycles. The zero-order valence-corrected chi connectivity index (χ0v) is 12.2. The van der Waals surface area contributed by atoms with Crippen LogP contribution in [0.15, 0.2) is 18.2 Å². The van der Waals surface area contributed by atoms with E-state index in [0.29, 0.717) is 11.4 Å². The lowest BCUT2D eigenvalue weighted by molar-refractivity contribution is -0.126. The lowest BCUT2D eigenvalue weighted by Gasteiger charge is -2.19. The molecule has 1 aromatic carbocycles. The summed E-state index contributed by atoms with van der Waals surface area (Å²) in [5, 5.41) is 15.1. The van der Waals surface area contributed by atoms with E-state index >= 15 is 0 Å². The number of aromatic hydroxyl groups is 1. The Morgan fingerprint density at radius 2 is 2.00 bits per heavy atom. The highest BCUT2D eigenvalue weighted by molar-refractivity contribution is 7.80. The molecular weight excluding hydrogens is 264 g/mol. The minimum atomic E-state index is -0.540. The van der Waals surface area contributed by atoms with Gasteiger partial charge in [0.2, 0.25) is 5.91 Å². The number of carbonyl (C=O) groups is 1. The van der Waals surface area contributed by atoms with Crippen LogP contribution >= 0.6 is 12.2 Å². The second-order valence-electron chi connectivity index (χ2n) is 5.04. The molecule has 1 amide bonds. The second-order valence-corrected chi connectivity index (χ2v) is 5.45. The van der Waals surface area contributed by atoms with E-state index in [0.717, 1.165) is 0 Å². The van der Waals surface area contributed by atoms with Crippen molar-refractivity contribution in [3.8, 4) is 11.5 Å². The minimum absolute atomic E-state index is 0.0214. The molecule has 1 rings (SSSR count). The third-order valence-electron chi connectivity index (χ3n) is 2.36. The zero-order chi connectivity index (χ0) is 14.6. The number of rotatable bonds is 2. The summed E-state index contributed by atoms with van der Waals surface area (Å²) in [6.07, 6.45) is 0. The van der Waals surface area contributed by atoms with Gasteiger partial charge >= 0.3 is 0 Å². The average molecular weight is 282 g/mol. The van der Waals surface area contributed by atoms with Crippen LogP contribution in [0.25, 0.3) is 0 Å². The number of benzene rings is 1. The zero-order valence-electron chi connectivity index (χ0n) is 11.4. The van der Waals surface area contributed by atoms with Crippen molar-refractivity contribution in [1.29, 1.82) is 0 Å². The van der Waals surface area contributed by atoms with Crippen LogP contribution in [0, 0.1) is 5.41 Å². The van der Waals surface area contributed by atoms with Gasteiger partial charge in [0.25, 0.3) is 0 Å². The number of hydrogen-bond acceptors (Lipinski definition) is 4. The molecule has 0 aliphatic rings. The summed E-state index contributed by atoms with van der Waals surface area (Å²) in [5.41, 5.74) is -0.166. The maximum atomic E-state index is 11.7. The molecule has 0 aliphatic heterocycles. The Morgan fingerprint density at radius 3 is 2.53 bits per heavy atom. The van der Waals surface area contributed by atoms with Crippen molar-refractivity contribution >= 4 is 28.9 Å². The highest BCUT2D eigenvalue weighted by Crippen LogP contribution is 2.27. The van der Waals surface area contributed by atoms with Gasteiger partial charge in [-0.1, -0.05) is 20.8 Å². The van der Waals surface area contributed by atoms with Gasteiger partial charge in [0, 0.05) is 11.5 Å². The highest BCUT2D eigenvalue weighted by atomic mass is 32.1. The van der Waals surface area contributed by atoms with Crippen LogP contribution in [0.5, 0.6) is 11.5 Å². The van der Waals surface area contributed by atoms with Crippen LogP contribution in [0.2, 0.25) is 0 Å². The Morgan fingerprint density at radius 1 is 1.37 bits per heavy atom. The quantitative estimate of drug-likeness (QED) is 0.573. The van der Waals surface area contributed by atoms with E-state index in [1.807, 2.05) is 0 Å². The fourth-order valence-electron chi connectivity index (χ4n) is 1.19. The van der Waals surface area contributed by atoms with E-state index < -0.39 is 5.41 Å². The first-order valence-electron chi connectivity index (χ1n) is 5.73. The molecule has 6 heteroatoms. The Balaban J connectivity index is 2.75. The SMILES string of the molecule is COc1ccc(O)c(NC(=S)NC(=O)C(C)(C)C)c1. The second kappa shape index (κ2) is 5.88. The molecule has 5 nitrogen and oxygen atoms in total. The number of phenolic OH excluding ortho intramolecular Hbond substituents is 1. The molecule has 0 unspecified atom stereocenters. The fourth-order valence-corrected chi connectivity index (χ4v) is 1.39. The number of carbonyl (C=O) groups excluding carboxylic acids is 1. The Labute approximate surface area is 118 Å². The minimum Gasteiger partial charge on any atom is -0.506 e. The van der Waals surface area contributed by atoms with E-state index in [2.05, 4.69) is 10.6 Å². The molecule has 0 atom stereocenters. The van der Waals surface area contributed by atoms with Crippen molar-refractivity contribution < 1.29 is 14.6 Å². The number of thiocarbonyl (C=S) groups is 1. The number of amides is 1. The number of methoxy groups -OCH3 is 1. The molecule has 1 aromatic rings. The molecule has 3 N–H and O–H groups in total. The van der Waals surface area contributed by atoms with Gasteiger partial charge in [-0.05, 0) is 24.4 Å². The summed E-state index contributed by atoms with van der Waals surface area (Å²) in [6.45, 7) is 5.36. The first kappa shape index (κ1) is 15.2. The smallest absolute Gasteiger partial charge is 0.231 e. The average Bonchev–Trinajstić information content (AvgIpc) is 2.30. The Bertz CT molecular complexity index is 495. The summed E-state index contributed by atoms with van der Waals surface area (Å²) in [5.74, 6) is 0.394. The van der Waals surface area contributed by atoms with Gasteiger partial charge in [-0.15, -0.1) is 0 Å². The molecule has 104 valence electrons. The molecule has 0 radical (unpaired) electrons. The standard InChI is InChI=1S/C13H18N2O3S/c1-13(2,3)11(17)15-12(19)14-9-7-8(18-4)5-6-10(9)16/h5-7,16H,1-4H3,(H2,14,15,17,19). The van der Waals surface area contributed by atoms with Crippen LogP contribution in [0.1, 0.15) is 20.8 Å². The first-order chi connectivity index (χ1) is 8.74. The van der Waals surface area contributed by atoms with Gasteiger partial charge < -0.3 is 20.5 Å².